The van der Waals surface area contributed by atoms with Crippen molar-refractivity contribution in [2.45, 2.75) is 12.8 Å². The van der Waals surface area contributed by atoms with E-state index in [4.69, 9.17) is 5.11 Å². The van der Waals surface area contributed by atoms with Crippen LogP contribution in [0.4, 0.5) is 0 Å². The minimum Gasteiger partial charge on any atom is -0.478 e. The van der Waals surface area contributed by atoms with Gasteiger partial charge in [0.25, 0.3) is 0 Å². The summed E-state index contributed by atoms with van der Waals surface area (Å²) < 4.78 is 0. The Morgan fingerprint density at radius 1 is 1.33 bits per heavy atom. The van der Waals surface area contributed by atoms with E-state index >= 15 is 0 Å². The first-order chi connectivity index (χ1) is 8.52. The average Bonchev–Trinajstić information content (AvgIpc) is 2.80. The number of hydrogen-bond donors (Lipinski definition) is 4. The van der Waals surface area contributed by atoms with E-state index in [-0.39, 0.29) is 11.3 Å². The molecule has 1 aromatic heterocycles. The van der Waals surface area contributed by atoms with Gasteiger partial charge < -0.3 is 15.2 Å². The fraction of sp³-hybridized carbons (Fsp3) is 0.182. The van der Waals surface area contributed by atoms with Gasteiger partial charge in [0.15, 0.2) is 5.71 Å². The van der Waals surface area contributed by atoms with Gasteiger partial charge in [-0.2, -0.15) is 5.10 Å². The Balaban J connectivity index is 2.56. The van der Waals surface area contributed by atoms with Gasteiger partial charge in [-0.05, 0) is 19.1 Å². The van der Waals surface area contributed by atoms with E-state index in [1.165, 1.54) is 0 Å². The third kappa shape index (κ3) is 1.86. The number of carboxylic acid groups (broad SMARTS) is 2. The number of allylic oxidation sites excluding steroid dienone is 1. The number of hydrazone groups is 1. The summed E-state index contributed by atoms with van der Waals surface area (Å²) in [6.07, 6.45) is 1.60. The Morgan fingerprint density at radius 2 is 2.06 bits per heavy atom. The van der Waals surface area contributed by atoms with Crippen molar-refractivity contribution in [2.24, 2.45) is 5.10 Å². The maximum Gasteiger partial charge on any atom is 0.353 e. The van der Waals surface area contributed by atoms with Crippen LogP contribution < -0.4 is 5.43 Å². The van der Waals surface area contributed by atoms with Crippen molar-refractivity contribution in [2.75, 3.05) is 0 Å². The summed E-state index contributed by atoms with van der Waals surface area (Å²) in [5, 5.41) is 22.0. The minimum atomic E-state index is -1.26. The molecule has 1 atom stereocenters. The van der Waals surface area contributed by atoms with Crippen molar-refractivity contribution in [3.8, 4) is 0 Å². The highest BCUT2D eigenvalue weighted by atomic mass is 16.4. The molecule has 7 nitrogen and oxygen atoms in total. The standard InChI is InChI=1S/C11H11N3O4/c1-5-7(10(15)16)8(6-3-2-4-12-6)9(11(17)18)14-13-5/h2-4,8,12-13H,1H3,(H,15,16)(H,17,18). The van der Waals surface area contributed by atoms with Crippen LogP contribution in [0.25, 0.3) is 0 Å². The lowest BCUT2D eigenvalue weighted by atomic mass is 9.88. The van der Waals surface area contributed by atoms with Gasteiger partial charge in [-0.3, -0.25) is 5.43 Å². The number of carboxylic acids is 2. The van der Waals surface area contributed by atoms with Gasteiger partial charge in [0.1, 0.15) is 0 Å². The van der Waals surface area contributed by atoms with Gasteiger partial charge in [0.05, 0.1) is 11.5 Å². The molecule has 1 aromatic rings. The number of aromatic nitrogens is 1. The number of H-pyrrole nitrogens is 1. The fourth-order valence-electron chi connectivity index (χ4n) is 1.90. The highest BCUT2D eigenvalue weighted by Gasteiger charge is 2.36. The van der Waals surface area contributed by atoms with E-state index in [9.17, 15) is 14.7 Å². The third-order valence-electron chi connectivity index (χ3n) is 2.69. The van der Waals surface area contributed by atoms with Crippen LogP contribution in [0, 0.1) is 0 Å². The first kappa shape index (κ1) is 11.9. The van der Waals surface area contributed by atoms with Gasteiger partial charge in [-0.25, -0.2) is 9.59 Å². The monoisotopic (exact) mass is 249 g/mol. The van der Waals surface area contributed by atoms with Crippen LogP contribution in [0.15, 0.2) is 34.7 Å². The first-order valence-electron chi connectivity index (χ1n) is 5.16. The van der Waals surface area contributed by atoms with Gasteiger partial charge in [-0.15, -0.1) is 0 Å². The SMILES string of the molecule is CC1=C(C(=O)O)C(c2ccc[nH]2)C(C(=O)O)=NN1. The third-order valence-corrected chi connectivity index (χ3v) is 2.69. The van der Waals surface area contributed by atoms with Crippen LogP contribution in [0.3, 0.4) is 0 Å². The lowest BCUT2D eigenvalue weighted by Gasteiger charge is -2.23. The molecule has 0 saturated carbocycles. The molecular formula is C11H11N3O4. The zero-order valence-electron chi connectivity index (χ0n) is 9.47. The molecular weight excluding hydrogens is 238 g/mol. The number of rotatable bonds is 3. The lowest BCUT2D eigenvalue weighted by Crippen LogP contribution is -2.34. The van der Waals surface area contributed by atoms with E-state index in [1.54, 1.807) is 25.3 Å². The fourth-order valence-corrected chi connectivity index (χ4v) is 1.90. The molecule has 0 saturated heterocycles. The van der Waals surface area contributed by atoms with Crippen molar-refractivity contribution >= 4 is 17.7 Å². The zero-order valence-corrected chi connectivity index (χ0v) is 9.47. The summed E-state index contributed by atoms with van der Waals surface area (Å²) >= 11 is 0. The quantitative estimate of drug-likeness (QED) is 0.622. The molecule has 0 amide bonds. The summed E-state index contributed by atoms with van der Waals surface area (Å²) in [4.78, 5) is 25.2. The lowest BCUT2D eigenvalue weighted by molar-refractivity contribution is -0.132. The second-order valence-electron chi connectivity index (χ2n) is 3.82. The Kier molecular flexibility index (Phi) is 2.88. The van der Waals surface area contributed by atoms with Crippen molar-refractivity contribution in [3.05, 3.63) is 35.3 Å². The molecule has 0 bridgehead atoms. The predicted octanol–water partition coefficient (Wildman–Crippen LogP) is 0.501. The maximum atomic E-state index is 11.3. The summed E-state index contributed by atoms with van der Waals surface area (Å²) in [7, 11) is 0. The van der Waals surface area contributed by atoms with Crippen LogP contribution in [0.1, 0.15) is 18.5 Å². The number of nitrogens with zero attached hydrogens (tertiary/aromatic N) is 1. The number of aromatic amines is 1. The molecule has 0 radical (unpaired) electrons. The summed E-state index contributed by atoms with van der Waals surface area (Å²) in [5.74, 6) is -3.34. The van der Waals surface area contributed by atoms with Crippen LogP contribution >= 0.6 is 0 Å². The van der Waals surface area contributed by atoms with Gasteiger partial charge in [-0.1, -0.05) is 0 Å². The first-order valence-corrected chi connectivity index (χ1v) is 5.16. The van der Waals surface area contributed by atoms with E-state index in [1.807, 2.05) is 0 Å². The summed E-state index contributed by atoms with van der Waals surface area (Å²) in [5.41, 5.74) is 2.96. The summed E-state index contributed by atoms with van der Waals surface area (Å²) in [6.45, 7) is 1.54. The van der Waals surface area contributed by atoms with Crippen molar-refractivity contribution in [1.29, 1.82) is 0 Å². The molecule has 1 aliphatic rings. The molecule has 0 fully saturated rings. The van der Waals surface area contributed by atoms with E-state index in [0.717, 1.165) is 0 Å². The second-order valence-corrected chi connectivity index (χ2v) is 3.82. The van der Waals surface area contributed by atoms with Gasteiger partial charge in [0.2, 0.25) is 0 Å². The molecule has 2 rings (SSSR count). The Bertz CT molecular complexity index is 557. The molecule has 0 aromatic carbocycles. The molecule has 1 unspecified atom stereocenters. The second kappa shape index (κ2) is 4.36. The number of hydrogen-bond acceptors (Lipinski definition) is 4. The maximum absolute atomic E-state index is 11.3. The van der Waals surface area contributed by atoms with Crippen LogP contribution in [-0.4, -0.2) is 32.8 Å². The minimum absolute atomic E-state index is 0.0233. The summed E-state index contributed by atoms with van der Waals surface area (Å²) in [6, 6.07) is 3.30. The van der Waals surface area contributed by atoms with Crippen molar-refractivity contribution in [3.63, 3.8) is 0 Å². The zero-order chi connectivity index (χ0) is 13.3. The number of carbonyl (C=O) groups is 2. The topological polar surface area (TPSA) is 115 Å². The van der Waals surface area contributed by atoms with Gasteiger partial charge >= 0.3 is 11.9 Å². The predicted molar refractivity (Wildman–Crippen MR) is 62.1 cm³/mol. The molecule has 7 heteroatoms. The van der Waals surface area contributed by atoms with Crippen LogP contribution in [-0.2, 0) is 9.59 Å². The van der Waals surface area contributed by atoms with Crippen molar-refractivity contribution in [1.82, 2.24) is 10.4 Å². The van der Waals surface area contributed by atoms with Crippen molar-refractivity contribution < 1.29 is 19.8 Å². The van der Waals surface area contributed by atoms with E-state index in [0.29, 0.717) is 11.4 Å². The molecule has 1 aliphatic heterocycles. The normalized spacial score (nSPS) is 19.2. The Labute approximate surface area is 102 Å². The number of nitrogens with one attached hydrogen (secondary N) is 2. The largest absolute Gasteiger partial charge is 0.478 e. The number of aliphatic carboxylic acids is 2. The molecule has 0 spiro atoms. The smallest absolute Gasteiger partial charge is 0.353 e. The van der Waals surface area contributed by atoms with Crippen LogP contribution in [0.2, 0.25) is 0 Å². The molecule has 4 N–H and O–H groups in total. The van der Waals surface area contributed by atoms with Crippen LogP contribution in [0.5, 0.6) is 0 Å². The van der Waals surface area contributed by atoms with E-state index < -0.39 is 17.9 Å². The Hall–Kier alpha value is -2.57. The van der Waals surface area contributed by atoms with Gasteiger partial charge in [0, 0.05) is 17.6 Å². The molecule has 2 heterocycles. The average molecular weight is 249 g/mol. The highest BCUT2D eigenvalue weighted by molar-refractivity contribution is 6.39. The molecule has 94 valence electrons. The molecule has 0 aliphatic carbocycles. The highest BCUT2D eigenvalue weighted by Crippen LogP contribution is 2.29. The molecule has 18 heavy (non-hydrogen) atoms. The van der Waals surface area contributed by atoms with E-state index in [2.05, 4.69) is 15.5 Å². The Morgan fingerprint density at radius 3 is 2.56 bits per heavy atom.